The fourth-order valence-corrected chi connectivity index (χ4v) is 1.34. The molecule has 1 atom stereocenters. The standard InChI is InChI=1S/C10H15N5O4/c1-15-3-2-6(14-15)5-12-10(19)13-7(9(17)18)4-8(11)16/h2-3,7H,4-5H2,1H3,(H2,11,16)(H,17,18)(H2,12,13,19)/t7-/m1/s1. The molecular weight excluding hydrogens is 254 g/mol. The quantitative estimate of drug-likeness (QED) is 0.500. The first-order valence-electron chi connectivity index (χ1n) is 5.42. The molecule has 1 aromatic rings. The number of carbonyl (C=O) groups is 3. The molecule has 0 aliphatic carbocycles. The Morgan fingerprint density at radius 2 is 2.21 bits per heavy atom. The summed E-state index contributed by atoms with van der Waals surface area (Å²) in [6.07, 6.45) is 1.24. The number of nitrogens with one attached hydrogen (secondary N) is 2. The van der Waals surface area contributed by atoms with E-state index in [1.807, 2.05) is 0 Å². The zero-order valence-corrected chi connectivity index (χ0v) is 10.3. The molecule has 3 amide bonds. The average Bonchev–Trinajstić information content (AvgIpc) is 2.71. The van der Waals surface area contributed by atoms with E-state index in [4.69, 9.17) is 10.8 Å². The first kappa shape index (κ1) is 14.5. The number of carboxylic acid groups (broad SMARTS) is 1. The largest absolute Gasteiger partial charge is 0.480 e. The van der Waals surface area contributed by atoms with Crippen LogP contribution in [0.1, 0.15) is 12.1 Å². The van der Waals surface area contributed by atoms with Crippen LogP contribution in [0.2, 0.25) is 0 Å². The molecule has 9 heteroatoms. The van der Waals surface area contributed by atoms with Crippen molar-refractivity contribution in [3.05, 3.63) is 18.0 Å². The van der Waals surface area contributed by atoms with Crippen LogP contribution >= 0.6 is 0 Å². The Morgan fingerprint density at radius 3 is 2.68 bits per heavy atom. The van der Waals surface area contributed by atoms with E-state index in [0.29, 0.717) is 5.69 Å². The maximum Gasteiger partial charge on any atom is 0.326 e. The molecule has 104 valence electrons. The molecule has 19 heavy (non-hydrogen) atoms. The Hall–Kier alpha value is -2.58. The summed E-state index contributed by atoms with van der Waals surface area (Å²) in [7, 11) is 1.73. The second-order valence-electron chi connectivity index (χ2n) is 3.87. The molecule has 0 radical (unpaired) electrons. The third-order valence-corrected chi connectivity index (χ3v) is 2.21. The van der Waals surface area contributed by atoms with Gasteiger partial charge in [0.25, 0.3) is 0 Å². The molecule has 5 N–H and O–H groups in total. The van der Waals surface area contributed by atoms with Gasteiger partial charge in [-0.3, -0.25) is 9.48 Å². The van der Waals surface area contributed by atoms with E-state index >= 15 is 0 Å². The molecule has 0 aliphatic rings. The number of aryl methyl sites for hydroxylation is 1. The number of nitrogens with zero attached hydrogens (tertiary/aromatic N) is 2. The lowest BCUT2D eigenvalue weighted by Crippen LogP contribution is -2.47. The van der Waals surface area contributed by atoms with E-state index in [1.54, 1.807) is 24.0 Å². The fourth-order valence-electron chi connectivity index (χ4n) is 1.34. The minimum absolute atomic E-state index is 0.148. The molecule has 0 spiro atoms. The second-order valence-corrected chi connectivity index (χ2v) is 3.87. The van der Waals surface area contributed by atoms with Crippen molar-refractivity contribution < 1.29 is 19.5 Å². The molecular formula is C10H15N5O4. The molecule has 0 aliphatic heterocycles. The summed E-state index contributed by atoms with van der Waals surface area (Å²) in [5.74, 6) is -2.13. The van der Waals surface area contributed by atoms with Crippen LogP contribution in [-0.2, 0) is 23.2 Å². The zero-order valence-electron chi connectivity index (χ0n) is 10.3. The third kappa shape index (κ3) is 5.06. The van der Waals surface area contributed by atoms with Crippen molar-refractivity contribution in [3.63, 3.8) is 0 Å². The highest BCUT2D eigenvalue weighted by Crippen LogP contribution is 1.94. The molecule has 0 saturated carbocycles. The second kappa shape index (κ2) is 6.38. The first-order valence-corrected chi connectivity index (χ1v) is 5.42. The predicted molar refractivity (Wildman–Crippen MR) is 63.8 cm³/mol. The average molecular weight is 269 g/mol. The zero-order chi connectivity index (χ0) is 14.4. The van der Waals surface area contributed by atoms with Crippen LogP contribution in [0, 0.1) is 0 Å². The number of aliphatic carboxylic acids is 1. The summed E-state index contributed by atoms with van der Waals surface area (Å²) in [5.41, 5.74) is 5.51. The van der Waals surface area contributed by atoms with Gasteiger partial charge in [0.05, 0.1) is 18.7 Å². The Bertz CT molecular complexity index is 484. The van der Waals surface area contributed by atoms with Gasteiger partial charge in [0, 0.05) is 13.2 Å². The van der Waals surface area contributed by atoms with Crippen LogP contribution in [0.5, 0.6) is 0 Å². The minimum atomic E-state index is -1.35. The van der Waals surface area contributed by atoms with Crippen LogP contribution in [0.15, 0.2) is 12.3 Å². The van der Waals surface area contributed by atoms with Gasteiger partial charge in [-0.05, 0) is 6.07 Å². The van der Waals surface area contributed by atoms with Crippen molar-refractivity contribution in [2.24, 2.45) is 12.8 Å². The summed E-state index contributed by atoms with van der Waals surface area (Å²) in [4.78, 5) is 32.9. The molecule has 0 bridgehead atoms. The topological polar surface area (TPSA) is 139 Å². The summed E-state index contributed by atoms with van der Waals surface area (Å²) >= 11 is 0. The number of hydrogen-bond acceptors (Lipinski definition) is 4. The van der Waals surface area contributed by atoms with Gasteiger partial charge in [-0.15, -0.1) is 0 Å². The van der Waals surface area contributed by atoms with E-state index in [2.05, 4.69) is 15.7 Å². The van der Waals surface area contributed by atoms with Gasteiger partial charge in [0.15, 0.2) is 0 Å². The summed E-state index contributed by atoms with van der Waals surface area (Å²) < 4.78 is 1.57. The van der Waals surface area contributed by atoms with Crippen LogP contribution in [-0.4, -0.2) is 38.8 Å². The highest BCUT2D eigenvalue weighted by Gasteiger charge is 2.21. The highest BCUT2D eigenvalue weighted by atomic mass is 16.4. The van der Waals surface area contributed by atoms with Crippen molar-refractivity contribution in [3.8, 4) is 0 Å². The van der Waals surface area contributed by atoms with E-state index in [-0.39, 0.29) is 6.54 Å². The monoisotopic (exact) mass is 269 g/mol. The number of urea groups is 1. The molecule has 0 saturated heterocycles. The fraction of sp³-hybridized carbons (Fsp3) is 0.400. The molecule has 0 unspecified atom stereocenters. The molecule has 1 heterocycles. The van der Waals surface area contributed by atoms with E-state index in [0.717, 1.165) is 0 Å². The van der Waals surface area contributed by atoms with Crippen LogP contribution in [0.4, 0.5) is 4.79 Å². The molecule has 9 nitrogen and oxygen atoms in total. The van der Waals surface area contributed by atoms with Gasteiger partial charge in [0.2, 0.25) is 5.91 Å². The molecule has 1 rings (SSSR count). The minimum Gasteiger partial charge on any atom is -0.480 e. The number of carbonyl (C=O) groups excluding carboxylic acids is 2. The normalized spacial score (nSPS) is 11.6. The van der Waals surface area contributed by atoms with Crippen molar-refractivity contribution in [2.75, 3.05) is 0 Å². The SMILES string of the molecule is Cn1ccc(CNC(=O)N[C@H](CC(N)=O)C(=O)O)n1. The number of aromatic nitrogens is 2. The lowest BCUT2D eigenvalue weighted by atomic mass is 10.2. The summed E-state index contributed by atoms with van der Waals surface area (Å²) in [6, 6.07) is -0.348. The van der Waals surface area contributed by atoms with Crippen molar-refractivity contribution in [2.45, 2.75) is 19.0 Å². The van der Waals surface area contributed by atoms with Gasteiger partial charge >= 0.3 is 12.0 Å². The smallest absolute Gasteiger partial charge is 0.326 e. The van der Waals surface area contributed by atoms with Crippen LogP contribution in [0.3, 0.4) is 0 Å². The van der Waals surface area contributed by atoms with Crippen molar-refractivity contribution >= 4 is 17.9 Å². The van der Waals surface area contributed by atoms with E-state index < -0.39 is 30.4 Å². The molecule has 0 fully saturated rings. The molecule has 1 aromatic heterocycles. The van der Waals surface area contributed by atoms with Crippen LogP contribution < -0.4 is 16.4 Å². The van der Waals surface area contributed by atoms with Gasteiger partial charge < -0.3 is 21.5 Å². The third-order valence-electron chi connectivity index (χ3n) is 2.21. The van der Waals surface area contributed by atoms with Gasteiger partial charge in [-0.25, -0.2) is 9.59 Å². The van der Waals surface area contributed by atoms with Gasteiger partial charge in [-0.1, -0.05) is 0 Å². The van der Waals surface area contributed by atoms with E-state index in [1.165, 1.54) is 0 Å². The predicted octanol–water partition coefficient (Wildman–Crippen LogP) is -1.45. The van der Waals surface area contributed by atoms with Gasteiger partial charge in [0.1, 0.15) is 6.04 Å². The number of primary amides is 1. The maximum absolute atomic E-state index is 11.4. The van der Waals surface area contributed by atoms with E-state index in [9.17, 15) is 14.4 Å². The lowest BCUT2D eigenvalue weighted by Gasteiger charge is -2.13. The number of nitrogens with two attached hydrogens (primary N) is 1. The number of amides is 3. The molecule has 0 aromatic carbocycles. The summed E-state index contributed by atoms with van der Waals surface area (Å²) in [5, 5.41) is 17.4. The Kier molecular flexibility index (Phi) is 4.86. The summed E-state index contributed by atoms with van der Waals surface area (Å²) in [6.45, 7) is 0.148. The number of rotatable bonds is 6. The highest BCUT2D eigenvalue weighted by molar-refractivity contribution is 5.87. The first-order chi connectivity index (χ1) is 8.88. The Morgan fingerprint density at radius 1 is 1.53 bits per heavy atom. The lowest BCUT2D eigenvalue weighted by molar-refractivity contribution is -0.140. The van der Waals surface area contributed by atoms with Gasteiger partial charge in [-0.2, -0.15) is 5.10 Å². The van der Waals surface area contributed by atoms with Crippen molar-refractivity contribution in [1.29, 1.82) is 0 Å². The Labute approximate surface area is 108 Å². The van der Waals surface area contributed by atoms with Crippen molar-refractivity contribution in [1.82, 2.24) is 20.4 Å². The maximum atomic E-state index is 11.4. The number of hydrogen-bond donors (Lipinski definition) is 4. The Balaban J connectivity index is 2.44. The van der Waals surface area contributed by atoms with Crippen LogP contribution in [0.25, 0.3) is 0 Å². The number of carboxylic acids is 1.